The molecule has 2 saturated heterocycles. The van der Waals surface area contributed by atoms with Crippen molar-refractivity contribution in [3.8, 4) is 0 Å². The highest BCUT2D eigenvalue weighted by Crippen LogP contribution is 2.40. The average Bonchev–Trinajstić information content (AvgIpc) is 3.07. The van der Waals surface area contributed by atoms with E-state index in [4.69, 9.17) is 0 Å². The predicted molar refractivity (Wildman–Crippen MR) is 111 cm³/mol. The minimum Gasteiger partial charge on any atom is -0.341 e. The molecule has 2 fully saturated rings. The second-order valence-electron chi connectivity index (χ2n) is 8.21. The molecule has 148 valence electrons. The SMILES string of the molecule is O=C(C[C@@H]1CCS(=O)(=O)C1)N1CCCC(c2ccccc2)(c2ccccc2)C1. The van der Waals surface area contributed by atoms with Gasteiger partial charge in [0.15, 0.2) is 9.84 Å². The molecule has 0 unspecified atom stereocenters. The monoisotopic (exact) mass is 397 g/mol. The van der Waals surface area contributed by atoms with Crippen LogP contribution in [0.25, 0.3) is 0 Å². The lowest BCUT2D eigenvalue weighted by Gasteiger charge is -2.44. The van der Waals surface area contributed by atoms with Crippen molar-refractivity contribution in [3.05, 3.63) is 71.8 Å². The first kappa shape index (κ1) is 19.2. The molecule has 2 aromatic carbocycles. The van der Waals surface area contributed by atoms with Gasteiger partial charge < -0.3 is 4.90 Å². The van der Waals surface area contributed by atoms with E-state index in [2.05, 4.69) is 48.5 Å². The number of amides is 1. The van der Waals surface area contributed by atoms with Crippen molar-refractivity contribution in [2.75, 3.05) is 24.6 Å². The smallest absolute Gasteiger partial charge is 0.222 e. The molecule has 0 spiro atoms. The van der Waals surface area contributed by atoms with E-state index in [-0.39, 0.29) is 28.7 Å². The van der Waals surface area contributed by atoms with Crippen molar-refractivity contribution in [2.45, 2.75) is 31.1 Å². The summed E-state index contributed by atoms with van der Waals surface area (Å²) in [6.07, 6.45) is 2.91. The van der Waals surface area contributed by atoms with Crippen LogP contribution in [0.1, 0.15) is 36.8 Å². The van der Waals surface area contributed by atoms with Gasteiger partial charge in [-0.1, -0.05) is 60.7 Å². The Morgan fingerprint density at radius 2 is 1.61 bits per heavy atom. The summed E-state index contributed by atoms with van der Waals surface area (Å²) in [6.45, 7) is 1.40. The number of nitrogens with zero attached hydrogens (tertiary/aromatic N) is 1. The average molecular weight is 398 g/mol. The van der Waals surface area contributed by atoms with E-state index < -0.39 is 9.84 Å². The molecule has 5 heteroatoms. The Kier molecular flexibility index (Phi) is 5.28. The van der Waals surface area contributed by atoms with Crippen LogP contribution in [0.5, 0.6) is 0 Å². The Hall–Kier alpha value is -2.14. The summed E-state index contributed by atoms with van der Waals surface area (Å²) in [5.74, 6) is 0.457. The number of carbonyl (C=O) groups excluding carboxylic acids is 1. The predicted octanol–water partition coefficient (Wildman–Crippen LogP) is 3.42. The number of rotatable bonds is 4. The molecule has 28 heavy (non-hydrogen) atoms. The van der Waals surface area contributed by atoms with E-state index in [0.29, 0.717) is 19.4 Å². The molecule has 0 aromatic heterocycles. The van der Waals surface area contributed by atoms with Gasteiger partial charge in [0.1, 0.15) is 0 Å². The summed E-state index contributed by atoms with van der Waals surface area (Å²) in [6, 6.07) is 20.9. The highest BCUT2D eigenvalue weighted by molar-refractivity contribution is 7.91. The molecule has 2 aliphatic heterocycles. The number of benzene rings is 2. The molecule has 0 saturated carbocycles. The summed E-state index contributed by atoms with van der Waals surface area (Å²) in [7, 11) is -2.95. The lowest BCUT2D eigenvalue weighted by Crippen LogP contribution is -2.49. The third-order valence-electron chi connectivity index (χ3n) is 6.29. The van der Waals surface area contributed by atoms with Crippen molar-refractivity contribution in [1.29, 1.82) is 0 Å². The molecular weight excluding hydrogens is 370 g/mol. The van der Waals surface area contributed by atoms with Crippen molar-refractivity contribution >= 4 is 15.7 Å². The Bertz CT molecular complexity index is 885. The first-order valence-corrected chi connectivity index (χ1v) is 11.9. The van der Waals surface area contributed by atoms with Crippen LogP contribution in [0.2, 0.25) is 0 Å². The lowest BCUT2D eigenvalue weighted by molar-refractivity contribution is -0.134. The number of carbonyl (C=O) groups is 1. The second-order valence-corrected chi connectivity index (χ2v) is 10.4. The second kappa shape index (κ2) is 7.70. The summed E-state index contributed by atoms with van der Waals surface area (Å²) in [4.78, 5) is 15.0. The van der Waals surface area contributed by atoms with E-state index in [9.17, 15) is 13.2 Å². The normalized spacial score (nSPS) is 23.4. The molecule has 0 bridgehead atoms. The van der Waals surface area contributed by atoms with Crippen molar-refractivity contribution in [2.24, 2.45) is 5.92 Å². The van der Waals surface area contributed by atoms with E-state index >= 15 is 0 Å². The zero-order valence-electron chi connectivity index (χ0n) is 16.1. The van der Waals surface area contributed by atoms with Gasteiger partial charge in [0.2, 0.25) is 5.91 Å². The van der Waals surface area contributed by atoms with Gasteiger partial charge in [0.05, 0.1) is 11.5 Å². The molecule has 4 nitrogen and oxygen atoms in total. The fraction of sp³-hybridized carbons (Fsp3) is 0.435. The zero-order valence-corrected chi connectivity index (χ0v) is 16.9. The lowest BCUT2D eigenvalue weighted by atomic mass is 9.69. The van der Waals surface area contributed by atoms with E-state index in [1.807, 2.05) is 17.0 Å². The molecular formula is C23H27NO3S. The first-order valence-electron chi connectivity index (χ1n) is 10.1. The van der Waals surface area contributed by atoms with Crippen LogP contribution in [-0.4, -0.2) is 43.8 Å². The first-order chi connectivity index (χ1) is 13.5. The number of sulfone groups is 1. The minimum atomic E-state index is -2.95. The van der Waals surface area contributed by atoms with Gasteiger partial charge in [-0.05, 0) is 36.3 Å². The minimum absolute atomic E-state index is 0.0257. The van der Waals surface area contributed by atoms with Gasteiger partial charge in [-0.15, -0.1) is 0 Å². The number of hydrogen-bond donors (Lipinski definition) is 0. The fourth-order valence-electron chi connectivity index (χ4n) is 4.83. The Morgan fingerprint density at radius 1 is 1.00 bits per heavy atom. The highest BCUT2D eigenvalue weighted by atomic mass is 32.2. The van der Waals surface area contributed by atoms with E-state index in [1.54, 1.807) is 0 Å². The molecule has 2 heterocycles. The van der Waals surface area contributed by atoms with Crippen molar-refractivity contribution in [1.82, 2.24) is 4.90 Å². The maximum atomic E-state index is 13.0. The molecule has 0 N–H and O–H groups in total. The van der Waals surface area contributed by atoms with Gasteiger partial charge in [-0.2, -0.15) is 0 Å². The van der Waals surface area contributed by atoms with E-state index in [1.165, 1.54) is 11.1 Å². The van der Waals surface area contributed by atoms with Gasteiger partial charge in [0, 0.05) is 24.9 Å². The molecule has 1 atom stereocenters. The van der Waals surface area contributed by atoms with Crippen LogP contribution in [0.3, 0.4) is 0 Å². The zero-order chi connectivity index (χ0) is 19.6. The summed E-state index contributed by atoms with van der Waals surface area (Å²) in [5, 5.41) is 0. The third kappa shape index (κ3) is 3.86. The maximum Gasteiger partial charge on any atom is 0.222 e. The Morgan fingerprint density at radius 3 is 2.14 bits per heavy atom. The number of likely N-dealkylation sites (tertiary alicyclic amines) is 1. The molecule has 4 rings (SSSR count). The molecule has 0 radical (unpaired) electrons. The van der Waals surface area contributed by atoms with Crippen LogP contribution in [-0.2, 0) is 20.0 Å². The van der Waals surface area contributed by atoms with Crippen LogP contribution >= 0.6 is 0 Å². The molecule has 2 aliphatic rings. The van der Waals surface area contributed by atoms with Crippen LogP contribution in [0.4, 0.5) is 0 Å². The summed E-state index contributed by atoms with van der Waals surface area (Å²) < 4.78 is 23.5. The molecule has 2 aromatic rings. The van der Waals surface area contributed by atoms with Crippen LogP contribution in [0.15, 0.2) is 60.7 Å². The van der Waals surface area contributed by atoms with Crippen LogP contribution < -0.4 is 0 Å². The third-order valence-corrected chi connectivity index (χ3v) is 8.12. The van der Waals surface area contributed by atoms with Crippen molar-refractivity contribution < 1.29 is 13.2 Å². The Balaban J connectivity index is 1.59. The topological polar surface area (TPSA) is 54.5 Å². The summed E-state index contributed by atoms with van der Waals surface area (Å²) >= 11 is 0. The van der Waals surface area contributed by atoms with Crippen molar-refractivity contribution in [3.63, 3.8) is 0 Å². The highest BCUT2D eigenvalue weighted by Gasteiger charge is 2.40. The van der Waals surface area contributed by atoms with Gasteiger partial charge in [0.25, 0.3) is 0 Å². The Labute approximate surface area is 167 Å². The molecule has 1 amide bonds. The van der Waals surface area contributed by atoms with Crippen LogP contribution in [0, 0.1) is 5.92 Å². The number of piperidine rings is 1. The summed E-state index contributed by atoms with van der Waals surface area (Å²) in [5.41, 5.74) is 2.27. The number of hydrogen-bond acceptors (Lipinski definition) is 3. The maximum absolute atomic E-state index is 13.0. The van der Waals surface area contributed by atoms with Gasteiger partial charge in [-0.25, -0.2) is 8.42 Å². The molecule has 0 aliphatic carbocycles. The van der Waals surface area contributed by atoms with E-state index in [0.717, 1.165) is 19.4 Å². The largest absolute Gasteiger partial charge is 0.341 e. The van der Waals surface area contributed by atoms with Gasteiger partial charge in [-0.3, -0.25) is 4.79 Å². The fourth-order valence-corrected chi connectivity index (χ4v) is 6.69. The van der Waals surface area contributed by atoms with Gasteiger partial charge >= 0.3 is 0 Å². The quantitative estimate of drug-likeness (QED) is 0.794. The standard InChI is InChI=1S/C23H27NO3S/c25-22(16-19-12-15-28(26,27)17-19)24-14-7-13-23(18-24,20-8-3-1-4-9-20)21-10-5-2-6-11-21/h1-6,8-11,19H,7,12-18H2/t19-/m0/s1.